The molecule has 0 bridgehead atoms. The molecule has 192 valence electrons. The number of hydrogen-bond donors (Lipinski definition) is 6. The van der Waals surface area contributed by atoms with Crippen molar-refractivity contribution in [2.75, 3.05) is 17.2 Å². The number of hydroxylamine groups is 1. The molecule has 2 rings (SSSR count). The number of amides is 2. The molecule has 9 heteroatoms. The van der Waals surface area contributed by atoms with E-state index < -0.39 is 17.7 Å². The van der Waals surface area contributed by atoms with Crippen molar-refractivity contribution in [1.29, 1.82) is 0 Å². The maximum absolute atomic E-state index is 12.5. The summed E-state index contributed by atoms with van der Waals surface area (Å²) >= 11 is 0. The van der Waals surface area contributed by atoms with Gasteiger partial charge in [-0.05, 0) is 49.1 Å². The Bertz CT molecular complexity index is 943. The standard InChI is InChI=1S/C24H34N6O3.C2H6/c1-16(2)12-22(24(32)29-33)23(31)28-21-10-6-18(7-11-21)14-30(26)15-19(25)13-27-20-8-4-17(3)5-9-20;1-2/h4-11,15-16,22,27,33H,12-14,25-26H2,1-3H3,(H,28,31)(H,29,32);1-2H3/b19-15-;. The van der Waals surface area contributed by atoms with Crippen LogP contribution in [-0.2, 0) is 16.1 Å². The minimum Gasteiger partial charge on any atom is -0.399 e. The lowest BCUT2D eigenvalue weighted by atomic mass is 9.95. The zero-order valence-electron chi connectivity index (χ0n) is 21.3. The van der Waals surface area contributed by atoms with Gasteiger partial charge in [-0.1, -0.05) is 57.5 Å². The van der Waals surface area contributed by atoms with Gasteiger partial charge in [-0.2, -0.15) is 0 Å². The van der Waals surface area contributed by atoms with Crippen LogP contribution in [0.15, 0.2) is 60.4 Å². The molecule has 8 N–H and O–H groups in total. The first-order valence-corrected chi connectivity index (χ1v) is 11.8. The van der Waals surface area contributed by atoms with Gasteiger partial charge in [0.25, 0.3) is 5.91 Å². The van der Waals surface area contributed by atoms with Crippen LogP contribution in [0.3, 0.4) is 0 Å². The Morgan fingerprint density at radius 3 is 2.11 bits per heavy atom. The topological polar surface area (TPSA) is 146 Å². The van der Waals surface area contributed by atoms with Crippen LogP contribution in [0.5, 0.6) is 0 Å². The quantitative estimate of drug-likeness (QED) is 0.123. The molecule has 2 aromatic carbocycles. The molecule has 1 unspecified atom stereocenters. The third-order valence-electron chi connectivity index (χ3n) is 4.92. The molecule has 2 amide bonds. The van der Waals surface area contributed by atoms with Crippen molar-refractivity contribution in [3.63, 3.8) is 0 Å². The largest absolute Gasteiger partial charge is 0.399 e. The number of nitrogens with zero attached hydrogens (tertiary/aromatic N) is 1. The molecule has 0 aliphatic heterocycles. The number of benzene rings is 2. The minimum absolute atomic E-state index is 0.114. The summed E-state index contributed by atoms with van der Waals surface area (Å²) < 4.78 is 0. The van der Waals surface area contributed by atoms with E-state index >= 15 is 0 Å². The zero-order chi connectivity index (χ0) is 26.4. The van der Waals surface area contributed by atoms with Crippen LogP contribution in [0.1, 0.15) is 45.2 Å². The second-order valence-electron chi connectivity index (χ2n) is 8.44. The highest BCUT2D eigenvalue weighted by Crippen LogP contribution is 2.17. The smallest absolute Gasteiger partial charge is 0.255 e. The van der Waals surface area contributed by atoms with Gasteiger partial charge in [0, 0.05) is 23.3 Å². The van der Waals surface area contributed by atoms with Gasteiger partial charge in [0.1, 0.15) is 5.92 Å². The van der Waals surface area contributed by atoms with Crippen molar-refractivity contribution in [2.24, 2.45) is 23.4 Å². The Balaban J connectivity index is 0.00000298. The maximum atomic E-state index is 12.5. The van der Waals surface area contributed by atoms with Gasteiger partial charge in [0.2, 0.25) is 5.91 Å². The summed E-state index contributed by atoms with van der Waals surface area (Å²) in [7, 11) is 0. The molecule has 0 saturated heterocycles. The Hall–Kier alpha value is -3.56. The summed E-state index contributed by atoms with van der Waals surface area (Å²) in [5, 5.41) is 16.3. The Labute approximate surface area is 208 Å². The number of carbonyl (C=O) groups excluding carboxylic acids is 2. The highest BCUT2D eigenvalue weighted by atomic mass is 16.5. The molecule has 0 heterocycles. The SMILES string of the molecule is CC.Cc1ccc(NC/C(N)=C/N(N)Cc2ccc(NC(=O)C(CC(C)C)C(=O)NO)cc2)cc1. The highest BCUT2D eigenvalue weighted by molar-refractivity contribution is 6.06. The summed E-state index contributed by atoms with van der Waals surface area (Å²) in [5.41, 5.74) is 11.8. The van der Waals surface area contributed by atoms with Gasteiger partial charge in [-0.25, -0.2) is 11.3 Å². The Morgan fingerprint density at radius 2 is 1.57 bits per heavy atom. The first-order chi connectivity index (χ1) is 16.7. The van der Waals surface area contributed by atoms with E-state index in [1.807, 2.05) is 71.0 Å². The maximum Gasteiger partial charge on any atom is 0.255 e. The summed E-state index contributed by atoms with van der Waals surface area (Å²) in [6.07, 6.45) is 1.99. The van der Waals surface area contributed by atoms with E-state index in [4.69, 9.17) is 16.8 Å². The van der Waals surface area contributed by atoms with Crippen LogP contribution >= 0.6 is 0 Å². The second kappa shape index (κ2) is 15.4. The molecule has 0 fully saturated rings. The lowest BCUT2D eigenvalue weighted by Crippen LogP contribution is -2.37. The molecule has 1 atom stereocenters. The number of anilines is 2. The van der Waals surface area contributed by atoms with Gasteiger partial charge in [0.15, 0.2) is 0 Å². The Kier molecular flexibility index (Phi) is 12.9. The van der Waals surface area contributed by atoms with E-state index in [0.717, 1.165) is 11.3 Å². The molecule has 35 heavy (non-hydrogen) atoms. The fourth-order valence-electron chi connectivity index (χ4n) is 3.20. The van der Waals surface area contributed by atoms with Crippen molar-refractivity contribution < 1.29 is 14.8 Å². The van der Waals surface area contributed by atoms with Gasteiger partial charge in [-0.3, -0.25) is 14.8 Å². The third kappa shape index (κ3) is 10.9. The molecule has 0 aliphatic carbocycles. The van der Waals surface area contributed by atoms with Gasteiger partial charge in [-0.15, -0.1) is 0 Å². The molecule has 0 aromatic heterocycles. The van der Waals surface area contributed by atoms with E-state index in [2.05, 4.69) is 10.6 Å². The van der Waals surface area contributed by atoms with Crippen LogP contribution in [0, 0.1) is 18.8 Å². The first kappa shape index (κ1) is 29.5. The van der Waals surface area contributed by atoms with Crippen LogP contribution < -0.4 is 27.7 Å². The number of hydrazine groups is 1. The van der Waals surface area contributed by atoms with E-state index in [1.54, 1.807) is 23.8 Å². The number of nitrogens with two attached hydrogens (primary N) is 2. The van der Waals surface area contributed by atoms with Crippen LogP contribution in [0.2, 0.25) is 0 Å². The number of rotatable bonds is 11. The average Bonchev–Trinajstić information content (AvgIpc) is 2.84. The number of aryl methyl sites for hydroxylation is 1. The van der Waals surface area contributed by atoms with E-state index in [-0.39, 0.29) is 5.92 Å². The van der Waals surface area contributed by atoms with Gasteiger partial charge < -0.3 is 21.4 Å². The summed E-state index contributed by atoms with van der Waals surface area (Å²) in [6.45, 7) is 10.7. The number of nitrogens with one attached hydrogen (secondary N) is 3. The molecule has 9 nitrogen and oxygen atoms in total. The Morgan fingerprint density at radius 1 is 1.00 bits per heavy atom. The van der Waals surface area contributed by atoms with Crippen LogP contribution in [0.25, 0.3) is 0 Å². The fraction of sp³-hybridized carbons (Fsp3) is 0.385. The molecule has 0 aliphatic rings. The summed E-state index contributed by atoms with van der Waals surface area (Å²) in [4.78, 5) is 24.3. The highest BCUT2D eigenvalue weighted by Gasteiger charge is 2.27. The van der Waals surface area contributed by atoms with Gasteiger partial charge in [0.05, 0.1) is 13.1 Å². The number of hydrogen-bond acceptors (Lipinski definition) is 7. The molecular weight excluding hydrogens is 444 g/mol. The predicted octanol–water partition coefficient (Wildman–Crippen LogP) is 3.72. The summed E-state index contributed by atoms with van der Waals surface area (Å²) in [6, 6.07) is 15.1. The second-order valence-corrected chi connectivity index (χ2v) is 8.44. The van der Waals surface area contributed by atoms with Crippen molar-refractivity contribution in [3.05, 3.63) is 71.6 Å². The normalized spacial score (nSPS) is 11.7. The third-order valence-corrected chi connectivity index (χ3v) is 4.92. The molecule has 0 saturated carbocycles. The van der Waals surface area contributed by atoms with Crippen molar-refractivity contribution in [1.82, 2.24) is 10.5 Å². The fourth-order valence-corrected chi connectivity index (χ4v) is 3.20. The van der Waals surface area contributed by atoms with Crippen LogP contribution in [-0.4, -0.2) is 28.6 Å². The molecule has 2 aromatic rings. The van der Waals surface area contributed by atoms with Crippen LogP contribution in [0.4, 0.5) is 11.4 Å². The zero-order valence-corrected chi connectivity index (χ0v) is 21.3. The molecule has 0 radical (unpaired) electrons. The average molecular weight is 485 g/mol. The lowest BCUT2D eigenvalue weighted by Gasteiger charge is -2.18. The summed E-state index contributed by atoms with van der Waals surface area (Å²) in [5.74, 6) is 4.00. The van der Waals surface area contributed by atoms with Gasteiger partial charge >= 0.3 is 0 Å². The molecular formula is C26H40N6O3. The van der Waals surface area contributed by atoms with E-state index in [9.17, 15) is 9.59 Å². The minimum atomic E-state index is -0.976. The molecule has 0 spiro atoms. The van der Waals surface area contributed by atoms with Crippen molar-refractivity contribution >= 4 is 23.2 Å². The lowest BCUT2D eigenvalue weighted by molar-refractivity contribution is -0.139. The number of carbonyl (C=O) groups is 2. The van der Waals surface area contributed by atoms with Crippen molar-refractivity contribution in [3.8, 4) is 0 Å². The first-order valence-electron chi connectivity index (χ1n) is 11.8. The van der Waals surface area contributed by atoms with Crippen molar-refractivity contribution in [2.45, 2.75) is 47.6 Å². The van der Waals surface area contributed by atoms with E-state index in [0.29, 0.717) is 30.9 Å². The monoisotopic (exact) mass is 484 g/mol. The predicted molar refractivity (Wildman–Crippen MR) is 141 cm³/mol. The van der Waals surface area contributed by atoms with E-state index in [1.165, 1.54) is 10.6 Å².